The number of benzene rings is 2. The molecular formula is C21H28N2O4S. The quantitative estimate of drug-likeness (QED) is 0.585. The van der Waals surface area contributed by atoms with E-state index in [4.69, 9.17) is 4.74 Å². The molecule has 0 aromatic heterocycles. The molecular weight excluding hydrogens is 376 g/mol. The Bertz CT molecular complexity index is 854. The first-order valence-electron chi connectivity index (χ1n) is 9.29. The van der Waals surface area contributed by atoms with E-state index in [9.17, 15) is 13.2 Å². The zero-order chi connectivity index (χ0) is 20.4. The Morgan fingerprint density at radius 2 is 1.86 bits per heavy atom. The van der Waals surface area contributed by atoms with E-state index in [0.717, 1.165) is 11.1 Å². The maximum absolute atomic E-state index is 12.1. The van der Waals surface area contributed by atoms with Gasteiger partial charge in [0, 0.05) is 19.5 Å². The minimum atomic E-state index is -3.40. The molecule has 2 aromatic rings. The largest absolute Gasteiger partial charge is 0.375 e. The van der Waals surface area contributed by atoms with Crippen LogP contribution in [0.2, 0.25) is 0 Å². The van der Waals surface area contributed by atoms with Gasteiger partial charge in [-0.25, -0.2) is 8.42 Å². The fourth-order valence-electron chi connectivity index (χ4n) is 2.77. The molecule has 0 aliphatic heterocycles. The van der Waals surface area contributed by atoms with Crippen LogP contribution in [0.4, 0.5) is 5.69 Å². The Kier molecular flexibility index (Phi) is 8.47. The zero-order valence-corrected chi connectivity index (χ0v) is 17.2. The molecule has 0 unspecified atom stereocenters. The van der Waals surface area contributed by atoms with Crippen LogP contribution < -0.4 is 9.62 Å². The Morgan fingerprint density at radius 3 is 2.54 bits per heavy atom. The van der Waals surface area contributed by atoms with Gasteiger partial charge in [0.25, 0.3) is 0 Å². The van der Waals surface area contributed by atoms with Crippen molar-refractivity contribution in [3.8, 4) is 0 Å². The average molecular weight is 405 g/mol. The number of anilines is 1. The SMILES string of the molecule is Cc1cccc(N(CCCC(=O)NCCOCc2ccccc2)S(C)(=O)=O)c1. The lowest BCUT2D eigenvalue weighted by molar-refractivity contribution is -0.121. The van der Waals surface area contributed by atoms with Crippen LogP contribution in [0, 0.1) is 6.92 Å². The third-order valence-corrected chi connectivity index (χ3v) is 5.33. The van der Waals surface area contributed by atoms with E-state index < -0.39 is 10.0 Å². The third-order valence-electron chi connectivity index (χ3n) is 4.14. The molecule has 1 amide bonds. The zero-order valence-electron chi connectivity index (χ0n) is 16.4. The van der Waals surface area contributed by atoms with Crippen molar-refractivity contribution in [3.63, 3.8) is 0 Å². The number of amides is 1. The normalized spacial score (nSPS) is 11.2. The molecule has 152 valence electrons. The van der Waals surface area contributed by atoms with Crippen molar-refractivity contribution in [2.45, 2.75) is 26.4 Å². The predicted molar refractivity (Wildman–Crippen MR) is 112 cm³/mol. The summed E-state index contributed by atoms with van der Waals surface area (Å²) in [6.07, 6.45) is 1.88. The van der Waals surface area contributed by atoms with Crippen molar-refractivity contribution >= 4 is 21.6 Å². The van der Waals surface area contributed by atoms with E-state index in [1.165, 1.54) is 10.6 Å². The van der Waals surface area contributed by atoms with Crippen molar-refractivity contribution in [2.24, 2.45) is 0 Å². The van der Waals surface area contributed by atoms with Crippen LogP contribution in [-0.2, 0) is 26.2 Å². The molecule has 0 bridgehead atoms. The summed E-state index contributed by atoms with van der Waals surface area (Å²) < 4.78 is 31.0. The van der Waals surface area contributed by atoms with Gasteiger partial charge in [0.15, 0.2) is 0 Å². The van der Waals surface area contributed by atoms with Gasteiger partial charge in [-0.15, -0.1) is 0 Å². The van der Waals surface area contributed by atoms with Crippen molar-refractivity contribution < 1.29 is 17.9 Å². The summed E-state index contributed by atoms with van der Waals surface area (Å²) in [4.78, 5) is 12.0. The molecule has 0 saturated carbocycles. The predicted octanol–water partition coefficient (Wildman–Crippen LogP) is 2.87. The maximum Gasteiger partial charge on any atom is 0.232 e. The lowest BCUT2D eigenvalue weighted by Crippen LogP contribution is -2.32. The fourth-order valence-corrected chi connectivity index (χ4v) is 3.73. The van der Waals surface area contributed by atoms with Gasteiger partial charge < -0.3 is 10.1 Å². The Balaban J connectivity index is 1.69. The van der Waals surface area contributed by atoms with Gasteiger partial charge in [-0.1, -0.05) is 42.5 Å². The number of rotatable bonds is 11. The molecule has 0 saturated heterocycles. The van der Waals surface area contributed by atoms with Crippen molar-refractivity contribution in [1.82, 2.24) is 5.32 Å². The van der Waals surface area contributed by atoms with E-state index in [2.05, 4.69) is 5.32 Å². The van der Waals surface area contributed by atoms with Gasteiger partial charge in [0.2, 0.25) is 15.9 Å². The minimum absolute atomic E-state index is 0.110. The van der Waals surface area contributed by atoms with Gasteiger partial charge in [-0.3, -0.25) is 9.10 Å². The third kappa shape index (κ3) is 7.70. The summed E-state index contributed by atoms with van der Waals surface area (Å²) in [5.41, 5.74) is 2.70. The number of nitrogens with one attached hydrogen (secondary N) is 1. The number of sulfonamides is 1. The molecule has 1 N–H and O–H groups in total. The van der Waals surface area contributed by atoms with Crippen LogP contribution in [0.25, 0.3) is 0 Å². The first kappa shape index (κ1) is 21.9. The number of hydrogen-bond acceptors (Lipinski definition) is 4. The summed E-state index contributed by atoms with van der Waals surface area (Å²) in [5, 5.41) is 2.80. The van der Waals surface area contributed by atoms with Gasteiger partial charge >= 0.3 is 0 Å². The van der Waals surface area contributed by atoms with E-state index in [0.29, 0.717) is 31.9 Å². The fraction of sp³-hybridized carbons (Fsp3) is 0.381. The summed E-state index contributed by atoms with van der Waals surface area (Å²) in [6, 6.07) is 17.2. The monoisotopic (exact) mass is 404 g/mol. The lowest BCUT2D eigenvalue weighted by Gasteiger charge is -2.22. The van der Waals surface area contributed by atoms with E-state index in [1.807, 2.05) is 55.5 Å². The van der Waals surface area contributed by atoms with Crippen molar-refractivity contribution in [2.75, 3.05) is 30.3 Å². The molecule has 0 atom stereocenters. The number of hydrogen-bond donors (Lipinski definition) is 1. The number of carbonyl (C=O) groups is 1. The molecule has 0 fully saturated rings. The van der Waals surface area contributed by atoms with E-state index in [1.54, 1.807) is 6.07 Å². The highest BCUT2D eigenvalue weighted by Gasteiger charge is 2.17. The summed E-state index contributed by atoms with van der Waals surface area (Å²) in [6.45, 7) is 3.55. The van der Waals surface area contributed by atoms with Crippen LogP contribution in [-0.4, -0.2) is 40.3 Å². The molecule has 0 spiro atoms. The van der Waals surface area contributed by atoms with E-state index >= 15 is 0 Å². The van der Waals surface area contributed by atoms with Gasteiger partial charge in [-0.2, -0.15) is 0 Å². The summed E-state index contributed by atoms with van der Waals surface area (Å²) in [5.74, 6) is -0.110. The molecule has 0 heterocycles. The first-order valence-corrected chi connectivity index (χ1v) is 11.1. The highest BCUT2D eigenvalue weighted by molar-refractivity contribution is 7.92. The summed E-state index contributed by atoms with van der Waals surface area (Å²) in [7, 11) is -3.40. The summed E-state index contributed by atoms with van der Waals surface area (Å²) >= 11 is 0. The number of aryl methyl sites for hydroxylation is 1. The highest BCUT2D eigenvalue weighted by Crippen LogP contribution is 2.19. The average Bonchev–Trinajstić information content (AvgIpc) is 2.65. The molecule has 0 radical (unpaired) electrons. The second-order valence-corrected chi connectivity index (χ2v) is 8.57. The number of ether oxygens (including phenoxy) is 1. The standard InChI is InChI=1S/C21H28N2O4S/c1-18-8-6-11-20(16-18)23(28(2,25)26)14-7-12-21(24)22-13-15-27-17-19-9-4-3-5-10-19/h3-6,8-11,16H,7,12-15,17H2,1-2H3,(H,22,24). The second kappa shape index (κ2) is 10.8. The van der Waals surface area contributed by atoms with Crippen LogP contribution in [0.5, 0.6) is 0 Å². The molecule has 2 rings (SSSR count). The van der Waals surface area contributed by atoms with Crippen molar-refractivity contribution in [1.29, 1.82) is 0 Å². The van der Waals surface area contributed by atoms with Crippen LogP contribution in [0.1, 0.15) is 24.0 Å². The van der Waals surface area contributed by atoms with Crippen LogP contribution >= 0.6 is 0 Å². The smallest absolute Gasteiger partial charge is 0.232 e. The Labute approximate surface area is 167 Å². The number of carbonyl (C=O) groups excluding carboxylic acids is 1. The van der Waals surface area contributed by atoms with Crippen LogP contribution in [0.15, 0.2) is 54.6 Å². The topological polar surface area (TPSA) is 75.7 Å². The molecule has 6 nitrogen and oxygen atoms in total. The molecule has 28 heavy (non-hydrogen) atoms. The molecule has 7 heteroatoms. The van der Waals surface area contributed by atoms with Crippen molar-refractivity contribution in [3.05, 3.63) is 65.7 Å². The lowest BCUT2D eigenvalue weighted by atomic mass is 10.2. The first-order chi connectivity index (χ1) is 13.4. The van der Waals surface area contributed by atoms with Gasteiger partial charge in [-0.05, 0) is 36.6 Å². The maximum atomic E-state index is 12.1. The Hall–Kier alpha value is -2.38. The minimum Gasteiger partial charge on any atom is -0.375 e. The molecule has 0 aliphatic rings. The highest BCUT2D eigenvalue weighted by atomic mass is 32.2. The van der Waals surface area contributed by atoms with Gasteiger partial charge in [0.1, 0.15) is 0 Å². The molecule has 0 aliphatic carbocycles. The Morgan fingerprint density at radius 1 is 1.11 bits per heavy atom. The van der Waals surface area contributed by atoms with Crippen LogP contribution in [0.3, 0.4) is 0 Å². The van der Waals surface area contributed by atoms with Gasteiger partial charge in [0.05, 0.1) is 25.2 Å². The van der Waals surface area contributed by atoms with E-state index in [-0.39, 0.29) is 18.9 Å². The number of nitrogens with zero attached hydrogens (tertiary/aromatic N) is 1. The second-order valence-electron chi connectivity index (χ2n) is 6.67. The molecule has 2 aromatic carbocycles.